The molecule has 0 N–H and O–H groups in total. The molecule has 0 spiro atoms. The van der Waals surface area contributed by atoms with Crippen LogP contribution in [0.3, 0.4) is 0 Å². The van der Waals surface area contributed by atoms with E-state index in [1.807, 2.05) is 25.3 Å². The van der Waals surface area contributed by atoms with Gasteiger partial charge in [0.25, 0.3) is 0 Å². The van der Waals surface area contributed by atoms with Crippen molar-refractivity contribution in [3.8, 4) is 0 Å². The predicted molar refractivity (Wildman–Crippen MR) is 62.3 cm³/mol. The topological polar surface area (TPSA) is 42.3 Å². The molecule has 0 saturated carbocycles. The molecule has 1 aliphatic rings. The Morgan fingerprint density at radius 2 is 2.33 bits per heavy atom. The third-order valence-electron chi connectivity index (χ3n) is 2.96. The van der Waals surface area contributed by atoms with Gasteiger partial charge in [-0.1, -0.05) is 6.07 Å². The van der Waals surface area contributed by atoms with E-state index in [0.29, 0.717) is 0 Å². The van der Waals surface area contributed by atoms with Gasteiger partial charge in [0.1, 0.15) is 0 Å². The molecule has 2 heterocycles. The highest BCUT2D eigenvalue weighted by Crippen LogP contribution is 2.35. The molecule has 0 aromatic carbocycles. The van der Waals surface area contributed by atoms with Gasteiger partial charge in [0, 0.05) is 24.7 Å². The summed E-state index contributed by atoms with van der Waals surface area (Å²) >= 11 is 0. The molecule has 0 amide bonds. The van der Waals surface area contributed by atoms with Crippen molar-refractivity contribution in [3.05, 3.63) is 29.6 Å². The maximum Gasteiger partial charge on any atom is 0.0694 e. The molecule has 82 valence electrons. The minimum Gasteiger partial charge on any atom is -0.261 e. The zero-order valence-electron chi connectivity index (χ0n) is 9.14. The molecule has 15 heavy (non-hydrogen) atoms. The average molecular weight is 224 g/mol. The van der Waals surface area contributed by atoms with Gasteiger partial charge in [-0.2, -0.15) is 0 Å². The van der Waals surface area contributed by atoms with Crippen molar-refractivity contribution in [3.63, 3.8) is 0 Å². The molecule has 2 atom stereocenters. The van der Waals surface area contributed by atoms with Crippen LogP contribution in [-0.2, 0) is 9.73 Å². The fourth-order valence-corrected chi connectivity index (χ4v) is 4.47. The van der Waals surface area contributed by atoms with E-state index in [0.717, 1.165) is 29.9 Å². The fourth-order valence-electron chi connectivity index (χ4n) is 2.07. The summed E-state index contributed by atoms with van der Waals surface area (Å²) in [6, 6.07) is 4.01. The van der Waals surface area contributed by atoms with Crippen molar-refractivity contribution in [1.29, 1.82) is 0 Å². The summed E-state index contributed by atoms with van der Waals surface area (Å²) in [4.78, 5) is 4.26. The summed E-state index contributed by atoms with van der Waals surface area (Å²) in [5.74, 6) is 0.738. The summed E-state index contributed by atoms with van der Waals surface area (Å²) in [6.45, 7) is 1.96. The number of aromatic nitrogens is 1. The van der Waals surface area contributed by atoms with Gasteiger partial charge in [-0.25, -0.2) is 8.57 Å². The summed E-state index contributed by atoms with van der Waals surface area (Å²) in [6.07, 6.45) is 3.83. The highest BCUT2D eigenvalue weighted by molar-refractivity contribution is 7.94. The molecule has 1 fully saturated rings. The Bertz CT molecular complexity index is 458. The normalized spacial score (nSPS) is 30.4. The molecular weight excluding hydrogens is 208 g/mol. The Kier molecular flexibility index (Phi) is 2.78. The number of nitrogens with zero attached hydrogens (tertiary/aromatic N) is 2. The van der Waals surface area contributed by atoms with Crippen LogP contribution in [0.4, 0.5) is 0 Å². The van der Waals surface area contributed by atoms with Crippen molar-refractivity contribution >= 4 is 9.73 Å². The Morgan fingerprint density at radius 1 is 1.53 bits per heavy atom. The van der Waals surface area contributed by atoms with E-state index < -0.39 is 9.73 Å². The van der Waals surface area contributed by atoms with Gasteiger partial charge in [-0.15, -0.1) is 0 Å². The highest BCUT2D eigenvalue weighted by atomic mass is 32.2. The van der Waals surface area contributed by atoms with Gasteiger partial charge < -0.3 is 0 Å². The Morgan fingerprint density at radius 3 is 2.93 bits per heavy atom. The first-order chi connectivity index (χ1) is 7.15. The third kappa shape index (κ3) is 1.91. The van der Waals surface area contributed by atoms with Gasteiger partial charge in [0.05, 0.1) is 15.0 Å². The van der Waals surface area contributed by atoms with Gasteiger partial charge in [-0.05, 0) is 31.4 Å². The fraction of sp³-hybridized carbons (Fsp3) is 0.545. The van der Waals surface area contributed by atoms with Crippen LogP contribution in [0.1, 0.15) is 29.3 Å². The molecule has 2 rings (SSSR count). The van der Waals surface area contributed by atoms with E-state index in [2.05, 4.69) is 9.35 Å². The minimum absolute atomic E-state index is 0.0931. The van der Waals surface area contributed by atoms with Crippen molar-refractivity contribution < 1.29 is 4.21 Å². The molecule has 0 radical (unpaired) electrons. The second kappa shape index (κ2) is 3.93. The first-order valence-corrected chi connectivity index (χ1v) is 6.95. The quantitative estimate of drug-likeness (QED) is 0.734. The minimum atomic E-state index is -2.01. The van der Waals surface area contributed by atoms with Crippen molar-refractivity contribution in [1.82, 2.24) is 4.98 Å². The Balaban J connectivity index is 2.40. The number of hydrogen-bond donors (Lipinski definition) is 0. The van der Waals surface area contributed by atoms with Gasteiger partial charge in [0.2, 0.25) is 0 Å². The zero-order chi connectivity index (χ0) is 10.9. The second-order valence-corrected chi connectivity index (χ2v) is 6.66. The molecule has 3 nitrogen and oxygen atoms in total. The van der Waals surface area contributed by atoms with Gasteiger partial charge in [-0.3, -0.25) is 4.98 Å². The highest BCUT2D eigenvalue weighted by Gasteiger charge is 2.30. The smallest absolute Gasteiger partial charge is 0.0694 e. The monoisotopic (exact) mass is 224 g/mol. The SMILES string of the molecule is CN=S1(=O)CCCC1c1ccc(C)nc1. The number of rotatable bonds is 1. The zero-order valence-corrected chi connectivity index (χ0v) is 9.96. The molecule has 4 heteroatoms. The molecule has 0 aliphatic carbocycles. The van der Waals surface area contributed by atoms with E-state index >= 15 is 0 Å². The summed E-state index contributed by atoms with van der Waals surface area (Å²) in [5.41, 5.74) is 2.07. The maximum atomic E-state index is 12.4. The van der Waals surface area contributed by atoms with E-state index in [1.165, 1.54) is 0 Å². The Labute approximate surface area is 91.1 Å². The van der Waals surface area contributed by atoms with Crippen LogP contribution in [0.5, 0.6) is 0 Å². The lowest BCUT2D eigenvalue weighted by Crippen LogP contribution is -2.08. The molecule has 2 unspecified atom stereocenters. The van der Waals surface area contributed by atoms with Crippen LogP contribution in [0.15, 0.2) is 22.7 Å². The Hall–Kier alpha value is -0.900. The number of hydrogen-bond acceptors (Lipinski definition) is 3. The van der Waals surface area contributed by atoms with E-state index in [-0.39, 0.29) is 5.25 Å². The number of pyridine rings is 1. The lowest BCUT2D eigenvalue weighted by molar-refractivity contribution is 0.671. The van der Waals surface area contributed by atoms with Crippen molar-refractivity contribution in [2.45, 2.75) is 25.0 Å². The molecular formula is C11H16N2OS. The van der Waals surface area contributed by atoms with Crippen molar-refractivity contribution in [2.75, 3.05) is 12.8 Å². The van der Waals surface area contributed by atoms with Crippen LogP contribution in [0.2, 0.25) is 0 Å². The largest absolute Gasteiger partial charge is 0.261 e. The van der Waals surface area contributed by atoms with Crippen LogP contribution in [0, 0.1) is 6.92 Å². The third-order valence-corrected chi connectivity index (χ3v) is 5.85. The summed E-state index contributed by atoms with van der Waals surface area (Å²) in [7, 11) is -0.344. The van der Waals surface area contributed by atoms with E-state index in [9.17, 15) is 4.21 Å². The molecule has 1 aromatic heterocycles. The average Bonchev–Trinajstić information content (AvgIpc) is 2.63. The second-order valence-electron chi connectivity index (χ2n) is 3.94. The molecule has 1 saturated heterocycles. The van der Waals surface area contributed by atoms with Crippen LogP contribution >= 0.6 is 0 Å². The molecule has 1 aromatic rings. The number of aryl methyl sites for hydroxylation is 1. The summed E-state index contributed by atoms with van der Waals surface area (Å²) in [5, 5.41) is 0.0931. The van der Waals surface area contributed by atoms with Crippen molar-refractivity contribution in [2.24, 2.45) is 4.36 Å². The van der Waals surface area contributed by atoms with Crippen LogP contribution in [-0.4, -0.2) is 22.0 Å². The van der Waals surface area contributed by atoms with Crippen LogP contribution in [0.25, 0.3) is 0 Å². The predicted octanol–water partition coefficient (Wildman–Crippen LogP) is 2.32. The standard InChI is InChI=1S/C11H16N2OS/c1-9-5-6-10(8-13-9)11-4-3-7-15(11,14)12-2/h5-6,8,11H,3-4,7H2,1-2H3. The molecule has 1 aliphatic heterocycles. The van der Waals surface area contributed by atoms with Crippen LogP contribution < -0.4 is 0 Å². The first kappa shape index (κ1) is 10.6. The van der Waals surface area contributed by atoms with Gasteiger partial charge in [0.15, 0.2) is 0 Å². The lowest BCUT2D eigenvalue weighted by Gasteiger charge is -2.12. The van der Waals surface area contributed by atoms with Gasteiger partial charge >= 0.3 is 0 Å². The van der Waals surface area contributed by atoms with E-state index in [4.69, 9.17) is 0 Å². The molecule has 0 bridgehead atoms. The van der Waals surface area contributed by atoms with E-state index in [1.54, 1.807) is 7.05 Å². The lowest BCUT2D eigenvalue weighted by atomic mass is 10.1. The summed E-state index contributed by atoms with van der Waals surface area (Å²) < 4.78 is 16.5. The first-order valence-electron chi connectivity index (χ1n) is 5.20. The maximum absolute atomic E-state index is 12.4.